The number of hydrogen-bond acceptors (Lipinski definition) is 6. The predicted octanol–water partition coefficient (Wildman–Crippen LogP) is 7.11. The molecule has 0 bridgehead atoms. The zero-order valence-electron chi connectivity index (χ0n) is 23.8. The molecule has 0 aliphatic rings. The van der Waals surface area contributed by atoms with Crippen LogP contribution >= 0.6 is 0 Å². The van der Waals surface area contributed by atoms with Gasteiger partial charge in [-0.15, -0.1) is 0 Å². The van der Waals surface area contributed by atoms with Gasteiger partial charge in [-0.2, -0.15) is 0 Å². The van der Waals surface area contributed by atoms with Gasteiger partial charge >= 0.3 is 0 Å². The lowest BCUT2D eigenvalue weighted by molar-refractivity contribution is -0.118. The van der Waals surface area contributed by atoms with Crippen molar-refractivity contribution in [1.82, 2.24) is 0 Å². The van der Waals surface area contributed by atoms with Gasteiger partial charge in [-0.1, -0.05) is 54.6 Å². The fraction of sp³-hybridized carbons (Fsp3) is 0.382. The molecule has 0 amide bonds. The smallest absolute Gasteiger partial charge is 0.129 e. The van der Waals surface area contributed by atoms with Crippen LogP contribution in [0.2, 0.25) is 0 Å². The zero-order valence-corrected chi connectivity index (χ0v) is 23.8. The lowest BCUT2D eigenvalue weighted by Gasteiger charge is -2.26. The third-order valence-electron chi connectivity index (χ3n) is 6.48. The van der Waals surface area contributed by atoms with E-state index in [1.54, 1.807) is 20.8 Å². The number of rotatable bonds is 18. The molecule has 0 aromatic heterocycles. The van der Waals surface area contributed by atoms with E-state index in [1.165, 1.54) is 0 Å². The summed E-state index contributed by atoms with van der Waals surface area (Å²) >= 11 is 0. The molecule has 40 heavy (non-hydrogen) atoms. The number of hydrogen-bond donors (Lipinski definition) is 0. The van der Waals surface area contributed by atoms with Crippen molar-refractivity contribution in [3.63, 3.8) is 0 Å². The van der Waals surface area contributed by atoms with Gasteiger partial charge in [-0.25, -0.2) is 0 Å². The Hall–Kier alpha value is -3.93. The number of para-hydroxylation sites is 3. The minimum atomic E-state index is -0.281. The van der Waals surface area contributed by atoms with Gasteiger partial charge in [0.1, 0.15) is 34.6 Å². The quantitative estimate of drug-likeness (QED) is 0.125. The lowest BCUT2D eigenvalue weighted by Crippen LogP contribution is -2.12. The third kappa shape index (κ3) is 9.67. The highest BCUT2D eigenvalue weighted by molar-refractivity contribution is 5.76. The minimum absolute atomic E-state index is 0.140. The maximum Gasteiger partial charge on any atom is 0.129 e. The molecular formula is C34H40O6. The van der Waals surface area contributed by atoms with E-state index in [4.69, 9.17) is 14.2 Å². The molecule has 0 aliphatic carbocycles. The van der Waals surface area contributed by atoms with E-state index in [-0.39, 0.29) is 23.3 Å². The molecular weight excluding hydrogens is 504 g/mol. The Balaban J connectivity index is 2.02. The highest BCUT2D eigenvalue weighted by Crippen LogP contribution is 2.44. The van der Waals surface area contributed by atoms with Crippen molar-refractivity contribution < 1.29 is 28.6 Å². The summed E-state index contributed by atoms with van der Waals surface area (Å²) < 4.78 is 18.7. The summed E-state index contributed by atoms with van der Waals surface area (Å²) in [6, 6.07) is 23.7. The monoisotopic (exact) mass is 544 g/mol. The van der Waals surface area contributed by atoms with Gasteiger partial charge in [0.05, 0.1) is 19.8 Å². The molecule has 0 saturated heterocycles. The van der Waals surface area contributed by atoms with Gasteiger partial charge < -0.3 is 28.6 Å². The zero-order chi connectivity index (χ0) is 28.7. The second-order valence-corrected chi connectivity index (χ2v) is 10.0. The minimum Gasteiger partial charge on any atom is -0.493 e. The SMILES string of the molecule is CC(=O)CCCOc1ccccc1C(c1ccccc1OCCCC(C)=O)c1ccccc1OCCCC(C)=O. The number of Topliss-reactive ketones (excluding diaryl/α,β-unsaturated/α-hetero) is 3. The van der Waals surface area contributed by atoms with E-state index < -0.39 is 0 Å². The highest BCUT2D eigenvalue weighted by atomic mass is 16.5. The Kier molecular flexibility index (Phi) is 12.4. The topological polar surface area (TPSA) is 78.9 Å². The van der Waals surface area contributed by atoms with Crippen LogP contribution in [-0.4, -0.2) is 37.2 Å². The molecule has 0 spiro atoms. The van der Waals surface area contributed by atoms with E-state index in [1.807, 2.05) is 72.8 Å². The molecule has 6 heteroatoms. The number of carbonyl (C=O) groups is 3. The van der Waals surface area contributed by atoms with Crippen molar-refractivity contribution in [2.24, 2.45) is 0 Å². The van der Waals surface area contributed by atoms with Gasteiger partial charge in [-0.3, -0.25) is 0 Å². The van der Waals surface area contributed by atoms with E-state index in [2.05, 4.69) is 0 Å². The van der Waals surface area contributed by atoms with Crippen LogP contribution < -0.4 is 14.2 Å². The van der Waals surface area contributed by atoms with Crippen LogP contribution in [0.4, 0.5) is 0 Å². The molecule has 212 valence electrons. The maximum atomic E-state index is 11.4. The molecule has 0 unspecified atom stereocenters. The molecule has 3 aromatic carbocycles. The van der Waals surface area contributed by atoms with Crippen LogP contribution in [0, 0.1) is 0 Å². The van der Waals surface area contributed by atoms with Gasteiger partial charge in [0.25, 0.3) is 0 Å². The van der Waals surface area contributed by atoms with E-state index in [0.717, 1.165) is 33.9 Å². The Labute approximate surface area is 237 Å². The number of benzene rings is 3. The van der Waals surface area contributed by atoms with E-state index >= 15 is 0 Å². The van der Waals surface area contributed by atoms with E-state index in [9.17, 15) is 14.4 Å². The fourth-order valence-corrected chi connectivity index (χ4v) is 4.56. The van der Waals surface area contributed by atoms with Crippen molar-refractivity contribution in [2.45, 2.75) is 65.2 Å². The van der Waals surface area contributed by atoms with Gasteiger partial charge in [0.15, 0.2) is 0 Å². The van der Waals surface area contributed by atoms with Crippen LogP contribution in [0.25, 0.3) is 0 Å². The van der Waals surface area contributed by atoms with Crippen molar-refractivity contribution in [2.75, 3.05) is 19.8 Å². The Morgan fingerprint density at radius 2 is 0.775 bits per heavy atom. The Morgan fingerprint density at radius 3 is 1.05 bits per heavy atom. The molecule has 0 aliphatic heterocycles. The normalized spacial score (nSPS) is 10.8. The third-order valence-corrected chi connectivity index (χ3v) is 6.48. The van der Waals surface area contributed by atoms with Crippen LogP contribution in [0.5, 0.6) is 17.2 Å². The molecule has 0 N–H and O–H groups in total. The Morgan fingerprint density at radius 1 is 0.500 bits per heavy atom. The molecule has 0 atom stereocenters. The first-order valence-corrected chi connectivity index (χ1v) is 14.0. The first-order chi connectivity index (χ1) is 19.4. The summed E-state index contributed by atoms with van der Waals surface area (Å²) in [6.45, 7) is 6.04. The summed E-state index contributed by atoms with van der Waals surface area (Å²) in [6.07, 6.45) is 3.33. The predicted molar refractivity (Wildman–Crippen MR) is 157 cm³/mol. The van der Waals surface area contributed by atoms with Gasteiger partial charge in [0.2, 0.25) is 0 Å². The summed E-state index contributed by atoms with van der Waals surface area (Å²) in [5, 5.41) is 0. The molecule has 0 saturated carbocycles. The molecule has 3 aromatic rings. The standard InChI is InChI=1S/C34H40O6/c1-25(35)13-10-22-38-31-19-7-4-16-28(31)34(29-17-5-8-20-32(29)39-23-11-14-26(2)36)30-18-6-9-21-33(30)40-24-12-15-27(3)37/h4-9,16-21,34H,10-15,22-24H2,1-3H3. The summed E-state index contributed by atoms with van der Waals surface area (Å²) in [5.41, 5.74) is 2.85. The number of carbonyl (C=O) groups excluding carboxylic acids is 3. The molecule has 3 rings (SSSR count). The number of ketones is 3. The molecule has 6 nitrogen and oxygen atoms in total. The molecule has 0 radical (unpaired) electrons. The largest absolute Gasteiger partial charge is 0.493 e. The van der Waals surface area contributed by atoms with Gasteiger partial charge in [0, 0.05) is 41.9 Å². The van der Waals surface area contributed by atoms with E-state index in [0.29, 0.717) is 58.3 Å². The summed E-state index contributed by atoms with van der Waals surface area (Å²) in [5.74, 6) is 2.33. The second-order valence-electron chi connectivity index (χ2n) is 10.0. The van der Waals surface area contributed by atoms with Crippen LogP contribution in [0.3, 0.4) is 0 Å². The summed E-state index contributed by atoms with van der Waals surface area (Å²) in [7, 11) is 0. The van der Waals surface area contributed by atoms with Crippen molar-refractivity contribution in [3.05, 3.63) is 89.5 Å². The summed E-state index contributed by atoms with van der Waals surface area (Å²) in [4.78, 5) is 34.3. The van der Waals surface area contributed by atoms with Crippen LogP contribution in [0.15, 0.2) is 72.8 Å². The average Bonchev–Trinajstić information content (AvgIpc) is 2.93. The first kappa shape index (κ1) is 30.6. The lowest BCUT2D eigenvalue weighted by atomic mass is 9.83. The van der Waals surface area contributed by atoms with Crippen molar-refractivity contribution in [1.29, 1.82) is 0 Å². The van der Waals surface area contributed by atoms with Crippen molar-refractivity contribution in [3.8, 4) is 17.2 Å². The second kappa shape index (κ2) is 16.2. The number of ether oxygens (including phenoxy) is 3. The fourth-order valence-electron chi connectivity index (χ4n) is 4.56. The van der Waals surface area contributed by atoms with Crippen molar-refractivity contribution >= 4 is 17.3 Å². The first-order valence-electron chi connectivity index (χ1n) is 14.0. The Bertz CT molecular complexity index is 1110. The van der Waals surface area contributed by atoms with Crippen LogP contribution in [0.1, 0.15) is 81.9 Å². The highest BCUT2D eigenvalue weighted by Gasteiger charge is 2.26. The van der Waals surface area contributed by atoms with Crippen LogP contribution in [-0.2, 0) is 14.4 Å². The van der Waals surface area contributed by atoms with Gasteiger partial charge in [-0.05, 0) is 58.2 Å². The average molecular weight is 545 g/mol. The molecule has 0 heterocycles. The molecule has 0 fully saturated rings. The maximum absolute atomic E-state index is 11.4.